The van der Waals surface area contributed by atoms with Crippen LogP contribution in [0.3, 0.4) is 0 Å². The molecule has 10 heteroatoms. The van der Waals surface area contributed by atoms with Crippen LogP contribution < -0.4 is 5.32 Å². The molecule has 0 bridgehead atoms. The highest BCUT2D eigenvalue weighted by Crippen LogP contribution is 2.52. The lowest BCUT2D eigenvalue weighted by molar-refractivity contribution is -0.160. The number of nitrogens with zero attached hydrogens (tertiary/aromatic N) is 5. The van der Waals surface area contributed by atoms with Gasteiger partial charge in [-0.15, -0.1) is 5.10 Å². The van der Waals surface area contributed by atoms with Gasteiger partial charge in [-0.1, -0.05) is 23.4 Å². The van der Waals surface area contributed by atoms with E-state index in [4.69, 9.17) is 4.74 Å². The highest BCUT2D eigenvalue weighted by molar-refractivity contribution is 6.07. The van der Waals surface area contributed by atoms with Crippen LogP contribution in [0.1, 0.15) is 55.7 Å². The number of aromatic nitrogens is 3. The third-order valence-electron chi connectivity index (χ3n) is 9.14. The molecule has 3 heterocycles. The minimum absolute atomic E-state index is 0.0663. The number of rotatable bonds is 6. The van der Waals surface area contributed by atoms with E-state index >= 15 is 0 Å². The average molecular weight is 505 g/mol. The first-order valence-corrected chi connectivity index (χ1v) is 13.2. The molecule has 2 aromatic rings. The molecule has 194 valence electrons. The van der Waals surface area contributed by atoms with E-state index in [1.807, 2.05) is 30.5 Å². The lowest BCUT2D eigenvalue weighted by Gasteiger charge is -2.52. The number of para-hydroxylation sites is 1. The standard InChI is InChI=1S/C27H32N6O4/c1-37-25(35)24-18-12-23(32(15-28)13-17(18)8-9-22(24)34)27(19-4-2-3-5-20(19)29-26(27)36)10-11-33-14-21(30-31-33)16-6-7-16/h2-5,14,16-18,22-24,34H,6-13H2,1H3,(H,29,36)/t17-,18?,22-,23?,24+,27-/m0/s1. The molecule has 1 saturated heterocycles. The summed E-state index contributed by atoms with van der Waals surface area (Å²) in [5.41, 5.74) is 1.57. The Morgan fingerprint density at radius 2 is 2.11 bits per heavy atom. The van der Waals surface area contributed by atoms with Crippen LogP contribution in [0.15, 0.2) is 30.5 Å². The maximum absolute atomic E-state index is 13.9. The van der Waals surface area contributed by atoms with Crippen LogP contribution in [0, 0.1) is 29.2 Å². The third kappa shape index (κ3) is 3.87. The van der Waals surface area contributed by atoms with Gasteiger partial charge >= 0.3 is 5.97 Å². The zero-order valence-corrected chi connectivity index (χ0v) is 20.9. The summed E-state index contributed by atoms with van der Waals surface area (Å²) >= 11 is 0. The van der Waals surface area contributed by atoms with Crippen molar-refractivity contribution in [2.45, 2.75) is 68.5 Å². The Morgan fingerprint density at radius 3 is 2.86 bits per heavy atom. The predicted molar refractivity (Wildman–Crippen MR) is 132 cm³/mol. The van der Waals surface area contributed by atoms with Gasteiger partial charge in [0.05, 0.1) is 36.3 Å². The number of hydrogen-bond acceptors (Lipinski definition) is 8. The van der Waals surface area contributed by atoms with Crippen LogP contribution >= 0.6 is 0 Å². The Kier molecular flexibility index (Phi) is 5.91. The van der Waals surface area contributed by atoms with Crippen LogP contribution in [0.25, 0.3) is 0 Å². The number of methoxy groups -OCH3 is 1. The van der Waals surface area contributed by atoms with Gasteiger partial charge in [-0.25, -0.2) is 0 Å². The monoisotopic (exact) mass is 504 g/mol. The molecule has 2 unspecified atom stereocenters. The summed E-state index contributed by atoms with van der Waals surface area (Å²) in [4.78, 5) is 28.4. The Balaban J connectivity index is 1.39. The first-order chi connectivity index (χ1) is 18.0. The summed E-state index contributed by atoms with van der Waals surface area (Å²) in [5, 5.41) is 32.8. The van der Waals surface area contributed by atoms with Crippen molar-refractivity contribution < 1.29 is 19.4 Å². The molecule has 3 fully saturated rings. The number of benzene rings is 1. The molecule has 10 nitrogen and oxygen atoms in total. The molecule has 0 spiro atoms. The molecule has 2 aliphatic carbocycles. The number of aryl methyl sites for hydroxylation is 1. The number of piperidine rings is 1. The second-order valence-corrected chi connectivity index (χ2v) is 11.0. The van der Waals surface area contributed by atoms with Gasteiger partial charge in [0, 0.05) is 30.9 Å². The Labute approximate surface area is 215 Å². The molecule has 1 aromatic heterocycles. The van der Waals surface area contributed by atoms with E-state index in [2.05, 4.69) is 21.8 Å². The second kappa shape index (κ2) is 9.14. The van der Waals surface area contributed by atoms with E-state index in [0.717, 1.165) is 36.2 Å². The number of nitriles is 1. The summed E-state index contributed by atoms with van der Waals surface area (Å²) in [6, 6.07) is 7.17. The molecule has 37 heavy (non-hydrogen) atoms. The quantitative estimate of drug-likeness (QED) is 0.452. The van der Waals surface area contributed by atoms with Crippen LogP contribution in [0.4, 0.5) is 5.69 Å². The van der Waals surface area contributed by atoms with Crippen molar-refractivity contribution in [3.63, 3.8) is 0 Å². The molecule has 2 N–H and O–H groups in total. The fourth-order valence-corrected chi connectivity index (χ4v) is 7.10. The number of carbonyl (C=O) groups excluding carboxylic acids is 2. The maximum Gasteiger partial charge on any atom is 0.311 e. The molecule has 4 aliphatic rings. The smallest absolute Gasteiger partial charge is 0.311 e. The van der Waals surface area contributed by atoms with E-state index in [1.165, 1.54) is 7.11 Å². The molecule has 1 aromatic carbocycles. The number of hydrogen-bond donors (Lipinski definition) is 2. The van der Waals surface area contributed by atoms with Crippen LogP contribution in [-0.2, 0) is 26.3 Å². The lowest BCUT2D eigenvalue weighted by atomic mass is 9.60. The summed E-state index contributed by atoms with van der Waals surface area (Å²) in [6.07, 6.45) is 7.89. The highest BCUT2D eigenvalue weighted by atomic mass is 16.5. The number of likely N-dealkylation sites (tertiary alicyclic amines) is 1. The average Bonchev–Trinajstić information content (AvgIpc) is 3.58. The van der Waals surface area contributed by atoms with Gasteiger partial charge in [0.25, 0.3) is 0 Å². The predicted octanol–water partition coefficient (Wildman–Crippen LogP) is 2.17. The topological polar surface area (TPSA) is 133 Å². The normalized spacial score (nSPS) is 32.7. The number of ether oxygens (including phenoxy) is 1. The van der Waals surface area contributed by atoms with E-state index < -0.39 is 29.4 Å². The molecule has 2 aliphatic heterocycles. The number of aliphatic hydroxyl groups is 1. The van der Waals surface area contributed by atoms with Gasteiger partial charge in [0.2, 0.25) is 5.91 Å². The Bertz CT molecular complexity index is 1250. The van der Waals surface area contributed by atoms with Gasteiger partial charge in [-0.3, -0.25) is 14.3 Å². The molecule has 2 saturated carbocycles. The van der Waals surface area contributed by atoms with E-state index in [0.29, 0.717) is 38.3 Å². The molecule has 6 atom stereocenters. The van der Waals surface area contributed by atoms with Crippen molar-refractivity contribution in [3.8, 4) is 6.19 Å². The van der Waals surface area contributed by atoms with Gasteiger partial charge in [-0.2, -0.15) is 5.26 Å². The molecule has 0 radical (unpaired) electrons. The zero-order valence-electron chi connectivity index (χ0n) is 20.9. The van der Waals surface area contributed by atoms with Crippen molar-refractivity contribution in [1.29, 1.82) is 5.26 Å². The lowest BCUT2D eigenvalue weighted by Crippen LogP contribution is -2.61. The van der Waals surface area contributed by atoms with Gasteiger partial charge < -0.3 is 20.1 Å². The van der Waals surface area contributed by atoms with Gasteiger partial charge in [0.15, 0.2) is 6.19 Å². The fourth-order valence-electron chi connectivity index (χ4n) is 7.10. The first kappa shape index (κ1) is 23.9. The van der Waals surface area contributed by atoms with Gasteiger partial charge in [-0.05, 0) is 62.0 Å². The number of aliphatic hydroxyl groups excluding tert-OH is 1. The summed E-state index contributed by atoms with van der Waals surface area (Å²) in [5.74, 6) is -0.874. The summed E-state index contributed by atoms with van der Waals surface area (Å²) in [6.45, 7) is 0.910. The molecule has 6 rings (SSSR count). The first-order valence-electron chi connectivity index (χ1n) is 13.2. The molecular weight excluding hydrogens is 472 g/mol. The van der Waals surface area contributed by atoms with Crippen LogP contribution in [0.5, 0.6) is 0 Å². The number of fused-ring (bicyclic) bond motifs is 2. The van der Waals surface area contributed by atoms with Crippen molar-refractivity contribution in [3.05, 3.63) is 41.7 Å². The zero-order chi connectivity index (χ0) is 25.7. The Morgan fingerprint density at radius 1 is 1.30 bits per heavy atom. The number of nitrogens with one attached hydrogen (secondary N) is 1. The largest absolute Gasteiger partial charge is 0.469 e. The van der Waals surface area contributed by atoms with E-state index in [9.17, 15) is 20.0 Å². The number of esters is 1. The maximum atomic E-state index is 13.9. The number of amides is 1. The Hall–Kier alpha value is -3.45. The van der Waals surface area contributed by atoms with Gasteiger partial charge in [0.1, 0.15) is 0 Å². The van der Waals surface area contributed by atoms with Crippen LogP contribution in [0.2, 0.25) is 0 Å². The SMILES string of the molecule is COC(=O)[C@@H]1C2CC([C@@]3(CCn4cc(C5CC5)nn4)C(=O)Nc4ccccc43)N(C#N)C[C@@H]2CC[C@@H]1O. The molecule has 1 amide bonds. The summed E-state index contributed by atoms with van der Waals surface area (Å²) in [7, 11) is 1.34. The minimum atomic E-state index is -1.02. The van der Waals surface area contributed by atoms with Crippen molar-refractivity contribution in [2.75, 3.05) is 19.0 Å². The van der Waals surface area contributed by atoms with Crippen LogP contribution in [-0.4, -0.2) is 62.7 Å². The van der Waals surface area contributed by atoms with E-state index in [1.54, 1.807) is 9.58 Å². The molecular formula is C27H32N6O4. The third-order valence-corrected chi connectivity index (χ3v) is 9.14. The van der Waals surface area contributed by atoms with Crippen molar-refractivity contribution in [1.82, 2.24) is 19.9 Å². The van der Waals surface area contributed by atoms with Crippen molar-refractivity contribution >= 4 is 17.6 Å². The minimum Gasteiger partial charge on any atom is -0.469 e. The fraction of sp³-hybridized carbons (Fsp3) is 0.593. The number of anilines is 1. The van der Waals surface area contributed by atoms with Crippen molar-refractivity contribution in [2.24, 2.45) is 17.8 Å². The summed E-state index contributed by atoms with van der Waals surface area (Å²) < 4.78 is 6.88. The second-order valence-electron chi connectivity index (χ2n) is 11.0. The highest BCUT2D eigenvalue weighted by Gasteiger charge is 2.58. The van der Waals surface area contributed by atoms with E-state index in [-0.39, 0.29) is 17.7 Å². The number of carbonyl (C=O) groups is 2.